The molecule has 4 aliphatic rings. The first-order valence-electron chi connectivity index (χ1n) is 8.06. The van der Waals surface area contributed by atoms with E-state index in [1.54, 1.807) is 19.1 Å². The van der Waals surface area contributed by atoms with Crippen LogP contribution in [0.3, 0.4) is 0 Å². The monoisotopic (exact) mass is 332 g/mol. The van der Waals surface area contributed by atoms with Gasteiger partial charge in [0.05, 0.1) is 30.7 Å². The molecule has 0 radical (unpaired) electrons. The lowest BCUT2D eigenvalue weighted by Crippen LogP contribution is -2.41. The van der Waals surface area contributed by atoms with Crippen molar-refractivity contribution in [1.29, 1.82) is 0 Å². The Morgan fingerprint density at radius 2 is 2.17 bits per heavy atom. The van der Waals surface area contributed by atoms with Crippen LogP contribution in [0.2, 0.25) is 0 Å². The number of carbonyl (C=O) groups is 2. The molecule has 1 saturated carbocycles. The maximum Gasteiger partial charge on any atom is 0.310 e. The second kappa shape index (κ2) is 4.70. The summed E-state index contributed by atoms with van der Waals surface area (Å²) in [5.74, 6) is -0.142. The van der Waals surface area contributed by atoms with E-state index in [4.69, 9.17) is 23.7 Å². The number of ether oxygens (including phenoxy) is 5. The Kier molecular flexibility index (Phi) is 2.79. The highest BCUT2D eigenvalue weighted by Gasteiger charge is 2.81. The van der Waals surface area contributed by atoms with E-state index < -0.39 is 17.6 Å². The predicted octanol–water partition coefficient (Wildman–Crippen LogP) is 0.786. The van der Waals surface area contributed by atoms with Gasteiger partial charge in [0.15, 0.2) is 17.3 Å². The second-order valence-corrected chi connectivity index (χ2v) is 6.40. The standard InChI is InChI=1S/C17H16O7/c1-2-20-15(19)13-12-11-6-21-16(24-11)14(18)17(12,13)8-3-4-9-10(5-8)23-7-22-9/h3-5,11-13,16H,2,6-7H2,1H3/t11-,12+,13-,16-,17+/m1/s1. The van der Waals surface area contributed by atoms with Crippen LogP contribution in [0.5, 0.6) is 11.5 Å². The zero-order chi connectivity index (χ0) is 16.5. The number of hydrogen-bond donors (Lipinski definition) is 0. The van der Waals surface area contributed by atoms with Crippen LogP contribution < -0.4 is 9.47 Å². The fourth-order valence-corrected chi connectivity index (χ4v) is 4.41. The number of Topliss-reactive ketones (excluding diaryl/α,β-unsaturated/α-hetero) is 1. The van der Waals surface area contributed by atoms with Gasteiger partial charge in [0.1, 0.15) is 0 Å². The van der Waals surface area contributed by atoms with E-state index in [9.17, 15) is 9.59 Å². The minimum absolute atomic E-state index is 0.155. The van der Waals surface area contributed by atoms with Crippen LogP contribution in [-0.4, -0.2) is 44.2 Å². The van der Waals surface area contributed by atoms with Gasteiger partial charge < -0.3 is 23.7 Å². The summed E-state index contributed by atoms with van der Waals surface area (Å²) in [5, 5.41) is 0. The van der Waals surface area contributed by atoms with Gasteiger partial charge in [0, 0.05) is 5.92 Å². The molecule has 3 heterocycles. The first-order valence-corrected chi connectivity index (χ1v) is 8.06. The van der Waals surface area contributed by atoms with Crippen molar-refractivity contribution in [1.82, 2.24) is 0 Å². The molecule has 1 aromatic carbocycles. The molecule has 0 aromatic heterocycles. The Hall–Kier alpha value is -2.12. The van der Waals surface area contributed by atoms with Crippen LogP contribution in [0.25, 0.3) is 0 Å². The van der Waals surface area contributed by atoms with Gasteiger partial charge in [-0.3, -0.25) is 9.59 Å². The van der Waals surface area contributed by atoms with Crippen molar-refractivity contribution in [3.63, 3.8) is 0 Å². The van der Waals surface area contributed by atoms with Crippen LogP contribution in [0.4, 0.5) is 0 Å². The van der Waals surface area contributed by atoms with Gasteiger partial charge in [-0.1, -0.05) is 6.07 Å². The molecule has 3 fully saturated rings. The zero-order valence-corrected chi connectivity index (χ0v) is 13.0. The SMILES string of the molecule is CCOC(=O)[C@H]1[C@@H]2[C@H]3CO[C@H](O3)C(=O)[C@@]21c1ccc2c(c1)OCO2. The molecule has 1 aliphatic carbocycles. The molecule has 0 amide bonds. The lowest BCUT2D eigenvalue weighted by molar-refractivity contribution is -0.156. The van der Waals surface area contributed by atoms with Crippen LogP contribution in [0.1, 0.15) is 12.5 Å². The molecule has 2 saturated heterocycles. The third-order valence-electron chi connectivity index (χ3n) is 5.39. The molecule has 126 valence electrons. The van der Waals surface area contributed by atoms with Gasteiger partial charge in [-0.25, -0.2) is 0 Å². The number of rotatable bonds is 3. The molecule has 24 heavy (non-hydrogen) atoms. The molecule has 7 nitrogen and oxygen atoms in total. The minimum Gasteiger partial charge on any atom is -0.466 e. The highest BCUT2D eigenvalue weighted by atomic mass is 16.7. The van der Waals surface area contributed by atoms with E-state index in [1.807, 2.05) is 6.07 Å². The first-order chi connectivity index (χ1) is 11.7. The summed E-state index contributed by atoms with van der Waals surface area (Å²) in [5.41, 5.74) is -0.208. The quantitative estimate of drug-likeness (QED) is 0.757. The summed E-state index contributed by atoms with van der Waals surface area (Å²) in [6.07, 6.45) is -1.18. The third kappa shape index (κ3) is 1.58. The van der Waals surface area contributed by atoms with Crippen molar-refractivity contribution >= 4 is 11.8 Å². The van der Waals surface area contributed by atoms with E-state index in [2.05, 4.69) is 0 Å². The van der Waals surface area contributed by atoms with Crippen molar-refractivity contribution in [3.8, 4) is 11.5 Å². The Morgan fingerprint density at radius 3 is 3.00 bits per heavy atom. The van der Waals surface area contributed by atoms with Crippen LogP contribution in [0, 0.1) is 11.8 Å². The van der Waals surface area contributed by atoms with E-state index in [0.717, 1.165) is 5.56 Å². The minimum atomic E-state index is -0.947. The molecule has 5 atom stereocenters. The maximum absolute atomic E-state index is 13.0. The molecular weight excluding hydrogens is 316 g/mol. The number of fused-ring (bicyclic) bond motifs is 5. The van der Waals surface area contributed by atoms with Gasteiger partial charge in [-0.2, -0.15) is 0 Å². The normalized spacial score (nSPS) is 38.0. The summed E-state index contributed by atoms with van der Waals surface area (Å²) in [6.45, 7) is 2.51. The smallest absolute Gasteiger partial charge is 0.310 e. The lowest BCUT2D eigenvalue weighted by Gasteiger charge is -2.25. The van der Waals surface area contributed by atoms with E-state index in [1.165, 1.54) is 0 Å². The molecule has 0 unspecified atom stereocenters. The van der Waals surface area contributed by atoms with Crippen molar-refractivity contribution in [2.75, 3.05) is 20.0 Å². The van der Waals surface area contributed by atoms with E-state index in [0.29, 0.717) is 18.1 Å². The Balaban J connectivity index is 1.62. The highest BCUT2D eigenvalue weighted by Crippen LogP contribution is 2.67. The van der Waals surface area contributed by atoms with Gasteiger partial charge in [0.2, 0.25) is 13.1 Å². The van der Waals surface area contributed by atoms with Gasteiger partial charge in [-0.05, 0) is 24.6 Å². The van der Waals surface area contributed by atoms with E-state index in [-0.39, 0.29) is 37.2 Å². The first kappa shape index (κ1) is 14.2. The topological polar surface area (TPSA) is 80.3 Å². The summed E-state index contributed by atoms with van der Waals surface area (Å²) >= 11 is 0. The fraction of sp³-hybridized carbons (Fsp3) is 0.529. The Morgan fingerprint density at radius 1 is 1.33 bits per heavy atom. The largest absolute Gasteiger partial charge is 0.466 e. The van der Waals surface area contributed by atoms with E-state index >= 15 is 0 Å². The van der Waals surface area contributed by atoms with Crippen molar-refractivity contribution < 1.29 is 33.3 Å². The Bertz CT molecular complexity index is 744. The average Bonchev–Trinajstić information content (AvgIpc) is 2.91. The molecular formula is C17H16O7. The summed E-state index contributed by atoms with van der Waals surface area (Å²) in [7, 11) is 0. The van der Waals surface area contributed by atoms with Crippen molar-refractivity contribution in [2.45, 2.75) is 24.7 Å². The number of hydrogen-bond acceptors (Lipinski definition) is 7. The van der Waals surface area contributed by atoms with Crippen LogP contribution >= 0.6 is 0 Å². The summed E-state index contributed by atoms with van der Waals surface area (Å²) in [6, 6.07) is 5.38. The number of benzene rings is 1. The molecule has 0 N–H and O–H groups in total. The third-order valence-corrected chi connectivity index (χ3v) is 5.39. The van der Waals surface area contributed by atoms with Gasteiger partial charge in [0.25, 0.3) is 0 Å². The maximum atomic E-state index is 13.0. The summed E-state index contributed by atoms with van der Waals surface area (Å²) in [4.78, 5) is 25.5. The lowest BCUT2D eigenvalue weighted by atomic mass is 9.84. The molecule has 0 spiro atoms. The molecule has 5 rings (SSSR count). The zero-order valence-electron chi connectivity index (χ0n) is 13.0. The average molecular weight is 332 g/mol. The van der Waals surface area contributed by atoms with Crippen molar-refractivity contribution in [2.24, 2.45) is 11.8 Å². The molecule has 7 heteroatoms. The number of ketones is 1. The predicted molar refractivity (Wildman–Crippen MR) is 77.5 cm³/mol. The second-order valence-electron chi connectivity index (χ2n) is 6.40. The highest BCUT2D eigenvalue weighted by molar-refractivity contribution is 6.04. The molecule has 3 aliphatic heterocycles. The number of carbonyl (C=O) groups excluding carboxylic acids is 2. The summed E-state index contributed by atoms with van der Waals surface area (Å²) < 4.78 is 27.0. The number of esters is 1. The molecule has 2 bridgehead atoms. The Labute approximate surface area is 137 Å². The van der Waals surface area contributed by atoms with Gasteiger partial charge >= 0.3 is 5.97 Å². The van der Waals surface area contributed by atoms with Crippen molar-refractivity contribution in [3.05, 3.63) is 23.8 Å². The van der Waals surface area contributed by atoms with Crippen LogP contribution in [-0.2, 0) is 29.2 Å². The van der Waals surface area contributed by atoms with Crippen LogP contribution in [0.15, 0.2) is 18.2 Å². The van der Waals surface area contributed by atoms with Gasteiger partial charge in [-0.15, -0.1) is 0 Å². The fourth-order valence-electron chi connectivity index (χ4n) is 4.41. The molecule has 1 aromatic rings.